The maximum absolute atomic E-state index is 7.70. The van der Waals surface area contributed by atoms with Crippen LogP contribution in [0.2, 0.25) is 0 Å². The lowest BCUT2D eigenvalue weighted by atomic mass is 10.4. The highest BCUT2D eigenvalue weighted by Gasteiger charge is 1.79. The maximum atomic E-state index is 7.70. The summed E-state index contributed by atoms with van der Waals surface area (Å²) in [4.78, 5) is 0. The van der Waals surface area contributed by atoms with E-state index in [9.17, 15) is 0 Å². The summed E-state index contributed by atoms with van der Waals surface area (Å²) >= 11 is 0. The van der Waals surface area contributed by atoms with Gasteiger partial charge in [0.2, 0.25) is 0 Å². The van der Waals surface area contributed by atoms with Gasteiger partial charge in [-0.3, -0.25) is 0 Å². The smallest absolute Gasteiger partial charge is 0.252 e. The summed E-state index contributed by atoms with van der Waals surface area (Å²) in [5, 5.41) is 0. The fourth-order valence-corrected chi connectivity index (χ4v) is 0.209. The molecule has 0 unspecified atom stereocenters. The third kappa shape index (κ3) is 3.60. The Hall–Kier alpha value is -0.400. The van der Waals surface area contributed by atoms with E-state index in [1.807, 2.05) is 6.92 Å². The van der Waals surface area contributed by atoms with Crippen molar-refractivity contribution in [3.63, 3.8) is 0 Å². The summed E-state index contributed by atoms with van der Waals surface area (Å²) < 4.78 is 3.78. The van der Waals surface area contributed by atoms with Gasteiger partial charge in [0.1, 0.15) is 0 Å². The van der Waals surface area contributed by atoms with Crippen molar-refractivity contribution < 1.29 is 0 Å². The van der Waals surface area contributed by atoms with Gasteiger partial charge in [-0.15, -0.1) is 0 Å². The Labute approximate surface area is 37.6 Å². The molecule has 0 atom stereocenters. The Kier molecular flexibility index (Phi) is 4.29. The van der Waals surface area contributed by atoms with Crippen molar-refractivity contribution in [2.45, 2.75) is 19.8 Å². The van der Waals surface area contributed by atoms with Crippen LogP contribution in [0.1, 0.15) is 19.8 Å². The van der Waals surface area contributed by atoms with Crippen LogP contribution in [-0.4, -0.2) is 6.61 Å². The molecule has 0 aliphatic rings. The number of rotatable bonds is 3. The standard InChI is InChI=1S/C4H9NO/c1-2-3-4-6-5/h2-4H2,1H3. The van der Waals surface area contributed by atoms with Crippen molar-refractivity contribution in [2.75, 3.05) is 6.61 Å². The molecule has 0 heterocycles. The minimum atomic E-state index is 0.469. The summed E-state index contributed by atoms with van der Waals surface area (Å²) in [6.45, 7) is 2.51. The molecular formula is C4H9NO. The van der Waals surface area contributed by atoms with E-state index in [4.69, 9.17) is 5.59 Å². The molecule has 2 nitrogen and oxygen atoms in total. The first-order chi connectivity index (χ1) is 2.91. The molecule has 0 aromatic rings. The molecule has 0 radical (unpaired) electrons. The van der Waals surface area contributed by atoms with E-state index < -0.39 is 0 Å². The quantitative estimate of drug-likeness (QED) is 0.370. The molecule has 0 aromatic carbocycles. The Bertz CT molecular complexity index is 36.5. The molecule has 0 amide bonds. The molecule has 0 rings (SSSR count). The molecule has 0 aromatic heterocycles. The summed E-state index contributed by atoms with van der Waals surface area (Å²) in [6, 6.07) is 0. The summed E-state index contributed by atoms with van der Waals surface area (Å²) in [5.74, 6) is 0. The van der Waals surface area contributed by atoms with Gasteiger partial charge in [-0.1, -0.05) is 6.92 Å². The Morgan fingerprint density at radius 2 is 2.33 bits per heavy atom. The third-order valence-electron chi connectivity index (χ3n) is 0.589. The fourth-order valence-electron chi connectivity index (χ4n) is 0.209. The summed E-state index contributed by atoms with van der Waals surface area (Å²) in [5.41, 5.74) is 7.70. The minimum absolute atomic E-state index is 0.469. The molecule has 2 heteroatoms. The average Bonchev–Trinajstić information content (AvgIpc) is 1.61. The first-order valence-electron chi connectivity index (χ1n) is 2.18. The molecule has 0 aliphatic carbocycles. The SMILES string of the molecule is CCCC[O+]=[N-]. The van der Waals surface area contributed by atoms with Crippen LogP contribution < -0.4 is 0 Å². The molecule has 0 N–H and O–H groups in total. The average molecular weight is 87.1 g/mol. The van der Waals surface area contributed by atoms with Crippen molar-refractivity contribution >= 4 is 0 Å². The molecule has 36 valence electrons. The van der Waals surface area contributed by atoms with Gasteiger partial charge in [0, 0.05) is 6.42 Å². The Morgan fingerprint density at radius 3 is 2.50 bits per heavy atom. The third-order valence-corrected chi connectivity index (χ3v) is 0.589. The predicted octanol–water partition coefficient (Wildman–Crippen LogP) is 1.66. The van der Waals surface area contributed by atoms with Crippen LogP contribution in [0.3, 0.4) is 0 Å². The normalized spacial score (nSPS) is 8.17. The van der Waals surface area contributed by atoms with E-state index >= 15 is 0 Å². The van der Waals surface area contributed by atoms with Crippen molar-refractivity contribution in [1.29, 1.82) is 0 Å². The highest BCUT2D eigenvalue weighted by molar-refractivity contribution is 4.61. The van der Waals surface area contributed by atoms with Crippen LogP contribution in [0.4, 0.5) is 0 Å². The Morgan fingerprint density at radius 1 is 1.67 bits per heavy atom. The molecule has 0 saturated carbocycles. The number of unbranched alkanes of at least 4 members (excludes halogenated alkanes) is 1. The second-order valence-corrected chi connectivity index (χ2v) is 1.19. The van der Waals surface area contributed by atoms with Crippen LogP contribution in [0, 0.1) is 4.54 Å². The number of hydrogen-bond donors (Lipinski definition) is 0. The zero-order chi connectivity index (χ0) is 4.83. The van der Waals surface area contributed by atoms with Crippen LogP contribution in [0.15, 0.2) is 0 Å². The molecule has 0 saturated heterocycles. The zero-order valence-electron chi connectivity index (χ0n) is 3.98. The first kappa shape index (κ1) is 5.60. The highest BCUT2D eigenvalue weighted by atomic mass is 16.4. The van der Waals surface area contributed by atoms with Crippen LogP contribution in [0.5, 0.6) is 0 Å². The lowest BCUT2D eigenvalue weighted by Gasteiger charge is -1.76. The van der Waals surface area contributed by atoms with E-state index in [-0.39, 0.29) is 0 Å². The topological polar surface area (TPSA) is 33.6 Å². The van der Waals surface area contributed by atoms with E-state index in [2.05, 4.69) is 4.54 Å². The Balaban J connectivity index is 2.49. The van der Waals surface area contributed by atoms with E-state index in [1.165, 1.54) is 0 Å². The first-order valence-corrected chi connectivity index (χ1v) is 2.18. The predicted molar refractivity (Wildman–Crippen MR) is 26.5 cm³/mol. The molecule has 0 aliphatic heterocycles. The van der Waals surface area contributed by atoms with E-state index in [0.29, 0.717) is 6.61 Å². The van der Waals surface area contributed by atoms with Gasteiger partial charge >= 0.3 is 0 Å². The van der Waals surface area contributed by atoms with Crippen molar-refractivity contribution in [3.8, 4) is 0 Å². The van der Waals surface area contributed by atoms with E-state index in [0.717, 1.165) is 12.8 Å². The van der Waals surface area contributed by atoms with Crippen LogP contribution >= 0.6 is 0 Å². The molecule has 0 spiro atoms. The molecule has 0 bridgehead atoms. The fraction of sp³-hybridized carbons (Fsp3) is 1.00. The highest BCUT2D eigenvalue weighted by Crippen LogP contribution is 1.82. The van der Waals surface area contributed by atoms with Gasteiger partial charge in [-0.2, -0.15) is 0 Å². The summed E-state index contributed by atoms with van der Waals surface area (Å²) in [7, 11) is 0. The van der Waals surface area contributed by atoms with Crippen molar-refractivity contribution in [1.82, 2.24) is 0 Å². The van der Waals surface area contributed by atoms with Gasteiger partial charge in [-0.25, -0.2) is 0 Å². The molecular weight excluding hydrogens is 78.0 g/mol. The van der Waals surface area contributed by atoms with Crippen LogP contribution in [-0.2, 0) is 0 Å². The monoisotopic (exact) mass is 87.1 g/mol. The molecule has 6 heavy (non-hydrogen) atoms. The minimum Gasteiger partial charge on any atom is -0.331 e. The number of hydrogen-bond acceptors (Lipinski definition) is 0. The largest absolute Gasteiger partial charge is 0.331 e. The van der Waals surface area contributed by atoms with Gasteiger partial charge in [0.25, 0.3) is 6.61 Å². The van der Waals surface area contributed by atoms with E-state index in [1.54, 1.807) is 0 Å². The second kappa shape index (κ2) is 4.60. The maximum Gasteiger partial charge on any atom is 0.252 e. The van der Waals surface area contributed by atoms with Gasteiger partial charge in [-0.05, 0) is 6.42 Å². The lowest BCUT2D eigenvalue weighted by molar-refractivity contribution is 0.858. The second-order valence-electron chi connectivity index (χ2n) is 1.19. The van der Waals surface area contributed by atoms with Crippen LogP contribution in [0.25, 0.3) is 5.59 Å². The summed E-state index contributed by atoms with van der Waals surface area (Å²) in [6.07, 6.45) is 2.01. The number of nitrogens with zero attached hydrogens (tertiary/aromatic N) is 1. The molecule has 0 fully saturated rings. The number of nitroso groups, excluding NO2 is 1. The van der Waals surface area contributed by atoms with Crippen molar-refractivity contribution in [3.05, 3.63) is 10.1 Å². The van der Waals surface area contributed by atoms with Gasteiger partial charge < -0.3 is 10.1 Å². The van der Waals surface area contributed by atoms with Gasteiger partial charge in [0.15, 0.2) is 0 Å². The zero-order valence-corrected chi connectivity index (χ0v) is 3.98. The van der Waals surface area contributed by atoms with Gasteiger partial charge in [0.05, 0.1) is 0 Å². The van der Waals surface area contributed by atoms with Crippen molar-refractivity contribution in [2.24, 2.45) is 0 Å². The lowest BCUT2D eigenvalue weighted by Crippen LogP contribution is -1.74.